The number of unbranched alkanes of at least 4 members (excludes halogenated alkanes) is 1. The van der Waals surface area contributed by atoms with E-state index in [1.165, 1.54) is 7.11 Å². The average molecular weight is 437 g/mol. The van der Waals surface area contributed by atoms with Crippen LogP contribution in [0.15, 0.2) is 60.7 Å². The van der Waals surface area contributed by atoms with E-state index in [1.807, 2.05) is 60.7 Å². The van der Waals surface area contributed by atoms with Crippen LogP contribution in [0.5, 0.6) is 0 Å². The monoisotopic (exact) mass is 436 g/mol. The van der Waals surface area contributed by atoms with Crippen LogP contribution in [0.2, 0.25) is 0 Å². The van der Waals surface area contributed by atoms with Gasteiger partial charge in [-0.25, -0.2) is 9.59 Å². The quantitative estimate of drug-likeness (QED) is 0.321. The SMILES string of the molecule is C#CCCC[C@@H](NC(=O)[C@H](Cc1ccccc1)NC(=O)OCc1ccccc1)C(=O)OC. The Bertz CT molecular complexity index is 909. The first-order valence-electron chi connectivity index (χ1n) is 10.4. The lowest BCUT2D eigenvalue weighted by Gasteiger charge is -2.22. The molecule has 32 heavy (non-hydrogen) atoms. The van der Waals surface area contributed by atoms with Gasteiger partial charge in [-0.05, 0) is 24.0 Å². The van der Waals surface area contributed by atoms with Gasteiger partial charge in [0.25, 0.3) is 0 Å². The van der Waals surface area contributed by atoms with Crippen LogP contribution in [0, 0.1) is 12.3 Å². The van der Waals surface area contributed by atoms with E-state index in [1.54, 1.807) is 0 Å². The summed E-state index contributed by atoms with van der Waals surface area (Å²) in [4.78, 5) is 37.5. The normalized spacial score (nSPS) is 12.0. The molecule has 2 aromatic rings. The number of hydrogen-bond donors (Lipinski definition) is 2. The van der Waals surface area contributed by atoms with Gasteiger partial charge in [0.05, 0.1) is 7.11 Å². The average Bonchev–Trinajstić information content (AvgIpc) is 2.82. The van der Waals surface area contributed by atoms with Crippen molar-refractivity contribution >= 4 is 18.0 Å². The van der Waals surface area contributed by atoms with Crippen LogP contribution in [0.3, 0.4) is 0 Å². The van der Waals surface area contributed by atoms with Crippen molar-refractivity contribution in [1.82, 2.24) is 10.6 Å². The number of nitrogens with one attached hydrogen (secondary N) is 2. The van der Waals surface area contributed by atoms with Gasteiger partial charge in [-0.2, -0.15) is 0 Å². The van der Waals surface area contributed by atoms with E-state index >= 15 is 0 Å². The molecule has 0 saturated heterocycles. The molecule has 0 aliphatic rings. The largest absolute Gasteiger partial charge is 0.467 e. The van der Waals surface area contributed by atoms with Crippen LogP contribution in [-0.2, 0) is 32.1 Å². The number of carbonyl (C=O) groups excluding carboxylic acids is 3. The molecule has 2 N–H and O–H groups in total. The minimum absolute atomic E-state index is 0.0726. The molecular formula is C25H28N2O5. The zero-order valence-corrected chi connectivity index (χ0v) is 18.1. The molecule has 0 spiro atoms. The molecule has 0 aliphatic carbocycles. The van der Waals surface area contributed by atoms with Gasteiger partial charge in [-0.3, -0.25) is 4.79 Å². The molecule has 7 heteroatoms. The van der Waals surface area contributed by atoms with Crippen molar-refractivity contribution in [3.63, 3.8) is 0 Å². The summed E-state index contributed by atoms with van der Waals surface area (Å²) in [6.45, 7) is 0.0726. The molecule has 0 aliphatic heterocycles. The molecule has 0 bridgehead atoms. The van der Waals surface area contributed by atoms with Crippen molar-refractivity contribution in [3.05, 3.63) is 71.8 Å². The van der Waals surface area contributed by atoms with Crippen LogP contribution in [-0.4, -0.2) is 37.2 Å². The Balaban J connectivity index is 2.06. The summed E-state index contributed by atoms with van der Waals surface area (Å²) < 4.78 is 10.0. The molecule has 0 aromatic heterocycles. The van der Waals surface area contributed by atoms with Gasteiger partial charge < -0.3 is 20.1 Å². The Morgan fingerprint density at radius 2 is 1.56 bits per heavy atom. The number of benzene rings is 2. The highest BCUT2D eigenvalue weighted by molar-refractivity contribution is 5.89. The molecule has 2 atom stereocenters. The summed E-state index contributed by atoms with van der Waals surface area (Å²) in [6.07, 6.45) is 6.12. The number of alkyl carbamates (subject to hydrolysis) is 1. The van der Waals surface area contributed by atoms with E-state index < -0.39 is 30.1 Å². The zero-order valence-electron chi connectivity index (χ0n) is 18.1. The standard InChI is InChI=1S/C25H28N2O5/c1-3-4-7-16-21(24(29)31-2)26-23(28)22(17-19-12-8-5-9-13-19)27-25(30)32-18-20-14-10-6-11-15-20/h1,5-6,8-15,21-22H,4,7,16-18H2,2H3,(H,26,28)(H,27,30)/t21-,22+/m1/s1. The van der Waals surface area contributed by atoms with Crippen molar-refractivity contribution in [2.24, 2.45) is 0 Å². The van der Waals surface area contributed by atoms with Gasteiger partial charge in [0, 0.05) is 12.8 Å². The summed E-state index contributed by atoms with van der Waals surface area (Å²) in [7, 11) is 1.25. The second-order valence-electron chi connectivity index (χ2n) is 7.13. The number of esters is 1. The van der Waals surface area contributed by atoms with Gasteiger partial charge in [-0.1, -0.05) is 60.7 Å². The van der Waals surface area contributed by atoms with E-state index in [2.05, 4.69) is 16.6 Å². The summed E-state index contributed by atoms with van der Waals surface area (Å²) in [5.41, 5.74) is 1.67. The smallest absolute Gasteiger partial charge is 0.408 e. The minimum Gasteiger partial charge on any atom is -0.467 e. The van der Waals surface area contributed by atoms with E-state index in [9.17, 15) is 14.4 Å². The number of terminal acetylenes is 1. The van der Waals surface area contributed by atoms with Crippen molar-refractivity contribution in [2.75, 3.05) is 7.11 Å². The Hall–Kier alpha value is -3.79. The first-order valence-corrected chi connectivity index (χ1v) is 10.4. The first-order chi connectivity index (χ1) is 15.5. The second-order valence-corrected chi connectivity index (χ2v) is 7.13. The Kier molecular flexibility index (Phi) is 10.3. The van der Waals surface area contributed by atoms with Crippen LogP contribution in [0.4, 0.5) is 4.79 Å². The zero-order chi connectivity index (χ0) is 23.2. The molecule has 0 saturated carbocycles. The molecule has 2 rings (SSSR count). The predicted molar refractivity (Wildman–Crippen MR) is 120 cm³/mol. The number of ether oxygens (including phenoxy) is 2. The molecule has 0 heterocycles. The van der Waals surface area contributed by atoms with Crippen LogP contribution >= 0.6 is 0 Å². The van der Waals surface area contributed by atoms with Crippen LogP contribution in [0.25, 0.3) is 0 Å². The number of amides is 2. The third-order valence-electron chi connectivity index (χ3n) is 4.72. The second kappa shape index (κ2) is 13.5. The lowest BCUT2D eigenvalue weighted by Crippen LogP contribution is -2.52. The Morgan fingerprint density at radius 1 is 0.938 bits per heavy atom. The molecule has 2 amide bonds. The fourth-order valence-corrected chi connectivity index (χ4v) is 3.04. The molecule has 7 nitrogen and oxygen atoms in total. The summed E-state index contributed by atoms with van der Waals surface area (Å²) in [5.74, 6) is 1.42. The highest BCUT2D eigenvalue weighted by atomic mass is 16.5. The van der Waals surface area contributed by atoms with Crippen LogP contribution in [0.1, 0.15) is 30.4 Å². The predicted octanol–water partition coefficient (Wildman–Crippen LogP) is 2.99. The summed E-state index contributed by atoms with van der Waals surface area (Å²) in [6, 6.07) is 16.7. The van der Waals surface area contributed by atoms with Crippen molar-refractivity contribution in [2.45, 2.75) is 44.4 Å². The highest BCUT2D eigenvalue weighted by Crippen LogP contribution is 2.08. The maximum Gasteiger partial charge on any atom is 0.408 e. The number of rotatable bonds is 11. The topological polar surface area (TPSA) is 93.7 Å². The third kappa shape index (κ3) is 8.52. The maximum atomic E-state index is 13.0. The lowest BCUT2D eigenvalue weighted by atomic mass is 10.0. The molecule has 168 valence electrons. The Labute approximate surface area is 188 Å². The maximum absolute atomic E-state index is 13.0. The number of carbonyl (C=O) groups is 3. The number of hydrogen-bond acceptors (Lipinski definition) is 5. The van der Waals surface area contributed by atoms with Gasteiger partial charge in [0.1, 0.15) is 18.7 Å². The van der Waals surface area contributed by atoms with Crippen LogP contribution < -0.4 is 10.6 Å². The lowest BCUT2D eigenvalue weighted by molar-refractivity contribution is -0.145. The van der Waals surface area contributed by atoms with Crippen molar-refractivity contribution < 1.29 is 23.9 Å². The van der Waals surface area contributed by atoms with Gasteiger partial charge in [-0.15, -0.1) is 12.3 Å². The Morgan fingerprint density at radius 3 is 2.16 bits per heavy atom. The third-order valence-corrected chi connectivity index (χ3v) is 4.72. The van der Waals surface area contributed by atoms with Crippen molar-refractivity contribution in [3.8, 4) is 12.3 Å². The highest BCUT2D eigenvalue weighted by Gasteiger charge is 2.27. The van der Waals surface area contributed by atoms with Gasteiger partial charge >= 0.3 is 12.1 Å². The molecule has 0 radical (unpaired) electrons. The van der Waals surface area contributed by atoms with E-state index in [4.69, 9.17) is 15.9 Å². The fourth-order valence-electron chi connectivity index (χ4n) is 3.04. The molecule has 2 aromatic carbocycles. The fraction of sp³-hybridized carbons (Fsp3) is 0.320. The molecule has 0 fully saturated rings. The summed E-state index contributed by atoms with van der Waals surface area (Å²) >= 11 is 0. The minimum atomic E-state index is -0.944. The van der Waals surface area contributed by atoms with Gasteiger partial charge in [0.15, 0.2) is 0 Å². The molecule has 0 unspecified atom stereocenters. The van der Waals surface area contributed by atoms with E-state index in [0.717, 1.165) is 11.1 Å². The van der Waals surface area contributed by atoms with Gasteiger partial charge in [0.2, 0.25) is 5.91 Å². The van der Waals surface area contributed by atoms with E-state index in [0.29, 0.717) is 19.3 Å². The molecular weight excluding hydrogens is 408 g/mol. The first kappa shape index (κ1) is 24.5. The van der Waals surface area contributed by atoms with E-state index in [-0.39, 0.29) is 13.0 Å². The summed E-state index contributed by atoms with van der Waals surface area (Å²) in [5, 5.41) is 5.28. The van der Waals surface area contributed by atoms with Crippen molar-refractivity contribution in [1.29, 1.82) is 0 Å². The number of methoxy groups -OCH3 is 1.